The standard InChI is InChI=1S/C14H27NOS/c1-12(3-7-15-2)13-4-8-16-14(11-13)5-9-17-10-6-14/h12-13,15H,3-11H2,1-2H3. The van der Waals surface area contributed by atoms with E-state index in [9.17, 15) is 0 Å². The number of rotatable bonds is 4. The van der Waals surface area contributed by atoms with Gasteiger partial charge in [-0.15, -0.1) is 0 Å². The third-order valence-corrected chi connectivity index (χ3v) is 5.58. The second kappa shape index (κ2) is 6.44. The van der Waals surface area contributed by atoms with Crippen LogP contribution in [-0.2, 0) is 4.74 Å². The largest absolute Gasteiger partial charge is 0.375 e. The maximum absolute atomic E-state index is 6.16. The van der Waals surface area contributed by atoms with Gasteiger partial charge in [-0.05, 0) is 69.0 Å². The van der Waals surface area contributed by atoms with E-state index in [1.165, 1.54) is 43.6 Å². The molecule has 2 rings (SSSR count). The molecule has 0 radical (unpaired) electrons. The third-order valence-electron chi connectivity index (χ3n) is 4.59. The van der Waals surface area contributed by atoms with Gasteiger partial charge in [-0.3, -0.25) is 0 Å². The molecular weight excluding hydrogens is 230 g/mol. The molecule has 1 N–H and O–H groups in total. The molecule has 2 aliphatic rings. The fraction of sp³-hybridized carbons (Fsp3) is 1.00. The van der Waals surface area contributed by atoms with Crippen molar-refractivity contribution in [3.05, 3.63) is 0 Å². The highest BCUT2D eigenvalue weighted by Gasteiger charge is 2.39. The minimum Gasteiger partial charge on any atom is -0.375 e. The summed E-state index contributed by atoms with van der Waals surface area (Å²) in [6.07, 6.45) is 6.48. The van der Waals surface area contributed by atoms with E-state index in [0.717, 1.165) is 25.0 Å². The molecule has 2 fully saturated rings. The Morgan fingerprint density at radius 3 is 2.88 bits per heavy atom. The Kier molecular flexibility index (Phi) is 5.19. The second-order valence-electron chi connectivity index (χ2n) is 5.77. The van der Waals surface area contributed by atoms with Crippen molar-refractivity contribution < 1.29 is 4.74 Å². The average molecular weight is 257 g/mol. The van der Waals surface area contributed by atoms with Gasteiger partial charge in [-0.1, -0.05) is 6.92 Å². The van der Waals surface area contributed by atoms with Crippen LogP contribution in [0.2, 0.25) is 0 Å². The van der Waals surface area contributed by atoms with Crippen molar-refractivity contribution in [2.45, 2.75) is 44.6 Å². The molecule has 0 aromatic heterocycles. The Balaban J connectivity index is 1.87. The molecule has 0 bridgehead atoms. The summed E-state index contributed by atoms with van der Waals surface area (Å²) in [5, 5.41) is 3.27. The minimum atomic E-state index is 0.266. The first-order valence-corrected chi connectivity index (χ1v) is 8.27. The summed E-state index contributed by atoms with van der Waals surface area (Å²) < 4.78 is 6.16. The Morgan fingerprint density at radius 2 is 2.18 bits per heavy atom. The van der Waals surface area contributed by atoms with Gasteiger partial charge in [0.15, 0.2) is 0 Å². The minimum absolute atomic E-state index is 0.266. The fourth-order valence-corrected chi connectivity index (χ4v) is 4.49. The predicted molar refractivity (Wildman–Crippen MR) is 75.7 cm³/mol. The quantitative estimate of drug-likeness (QED) is 0.837. The molecule has 3 heteroatoms. The molecule has 1 spiro atoms. The van der Waals surface area contributed by atoms with Gasteiger partial charge in [-0.2, -0.15) is 11.8 Å². The first kappa shape index (κ1) is 13.7. The van der Waals surface area contributed by atoms with E-state index in [2.05, 4.69) is 31.1 Å². The maximum atomic E-state index is 6.16. The van der Waals surface area contributed by atoms with Crippen molar-refractivity contribution in [1.82, 2.24) is 5.32 Å². The number of hydrogen-bond donors (Lipinski definition) is 1. The van der Waals surface area contributed by atoms with Crippen LogP contribution < -0.4 is 5.32 Å². The lowest BCUT2D eigenvalue weighted by molar-refractivity contribution is -0.110. The Morgan fingerprint density at radius 1 is 1.41 bits per heavy atom. The van der Waals surface area contributed by atoms with E-state index >= 15 is 0 Å². The van der Waals surface area contributed by atoms with Crippen LogP contribution in [0.5, 0.6) is 0 Å². The highest BCUT2D eigenvalue weighted by molar-refractivity contribution is 7.99. The van der Waals surface area contributed by atoms with Gasteiger partial charge in [-0.25, -0.2) is 0 Å². The molecule has 100 valence electrons. The van der Waals surface area contributed by atoms with E-state index in [-0.39, 0.29) is 5.60 Å². The lowest BCUT2D eigenvalue weighted by atomic mass is 9.75. The zero-order chi connectivity index (χ0) is 12.1. The van der Waals surface area contributed by atoms with E-state index in [4.69, 9.17) is 4.74 Å². The summed E-state index contributed by atoms with van der Waals surface area (Å²) in [7, 11) is 2.05. The molecule has 0 saturated carbocycles. The summed E-state index contributed by atoms with van der Waals surface area (Å²) in [5.74, 6) is 4.34. The molecule has 2 heterocycles. The molecule has 2 nitrogen and oxygen atoms in total. The maximum Gasteiger partial charge on any atom is 0.0701 e. The number of hydrogen-bond acceptors (Lipinski definition) is 3. The first-order valence-electron chi connectivity index (χ1n) is 7.12. The summed E-state index contributed by atoms with van der Waals surface area (Å²) in [6.45, 7) is 4.58. The Labute approximate surface area is 110 Å². The topological polar surface area (TPSA) is 21.3 Å². The van der Waals surface area contributed by atoms with Crippen molar-refractivity contribution in [3.8, 4) is 0 Å². The summed E-state index contributed by atoms with van der Waals surface area (Å²) in [4.78, 5) is 0. The Bertz CT molecular complexity index is 223. The molecule has 0 amide bonds. The summed E-state index contributed by atoms with van der Waals surface area (Å²) >= 11 is 2.10. The van der Waals surface area contributed by atoms with E-state index in [1.807, 2.05) is 0 Å². The van der Waals surface area contributed by atoms with Crippen LogP contribution >= 0.6 is 11.8 Å². The van der Waals surface area contributed by atoms with Crippen LogP contribution in [0.1, 0.15) is 39.0 Å². The van der Waals surface area contributed by atoms with Crippen LogP contribution in [0.4, 0.5) is 0 Å². The van der Waals surface area contributed by atoms with Crippen LogP contribution in [0, 0.1) is 11.8 Å². The number of thioether (sulfide) groups is 1. The molecule has 0 aliphatic carbocycles. The van der Waals surface area contributed by atoms with Crippen LogP contribution in [0.3, 0.4) is 0 Å². The highest BCUT2D eigenvalue weighted by atomic mass is 32.2. The zero-order valence-electron chi connectivity index (χ0n) is 11.3. The molecule has 0 aromatic carbocycles. The monoisotopic (exact) mass is 257 g/mol. The van der Waals surface area contributed by atoms with Crippen LogP contribution in [0.15, 0.2) is 0 Å². The summed E-state index contributed by atoms with van der Waals surface area (Å²) in [6, 6.07) is 0. The molecule has 2 atom stereocenters. The van der Waals surface area contributed by atoms with E-state index < -0.39 is 0 Å². The zero-order valence-corrected chi connectivity index (χ0v) is 12.2. The van der Waals surface area contributed by atoms with Gasteiger partial charge >= 0.3 is 0 Å². The molecule has 0 aromatic rings. The SMILES string of the molecule is CNCCC(C)C1CCOC2(CCSCC2)C1. The smallest absolute Gasteiger partial charge is 0.0701 e. The van der Waals surface area contributed by atoms with Gasteiger partial charge in [0, 0.05) is 6.61 Å². The van der Waals surface area contributed by atoms with Gasteiger partial charge < -0.3 is 10.1 Å². The fourth-order valence-electron chi connectivity index (χ4n) is 3.25. The number of nitrogens with one attached hydrogen (secondary N) is 1. The van der Waals surface area contributed by atoms with Crippen molar-refractivity contribution in [2.75, 3.05) is 31.7 Å². The Hall–Kier alpha value is 0.270. The molecule has 2 unspecified atom stereocenters. The van der Waals surface area contributed by atoms with Crippen molar-refractivity contribution in [3.63, 3.8) is 0 Å². The molecule has 17 heavy (non-hydrogen) atoms. The van der Waals surface area contributed by atoms with Gasteiger partial charge in [0.05, 0.1) is 5.60 Å². The van der Waals surface area contributed by atoms with Gasteiger partial charge in [0.25, 0.3) is 0 Å². The van der Waals surface area contributed by atoms with Gasteiger partial charge in [0.2, 0.25) is 0 Å². The number of ether oxygens (including phenoxy) is 1. The molecule has 2 saturated heterocycles. The lowest BCUT2D eigenvalue weighted by Crippen LogP contribution is -2.44. The van der Waals surface area contributed by atoms with Crippen LogP contribution in [0.25, 0.3) is 0 Å². The first-order chi connectivity index (χ1) is 8.26. The van der Waals surface area contributed by atoms with Crippen LogP contribution in [-0.4, -0.2) is 37.3 Å². The van der Waals surface area contributed by atoms with Gasteiger partial charge in [0.1, 0.15) is 0 Å². The van der Waals surface area contributed by atoms with E-state index in [0.29, 0.717) is 0 Å². The molecular formula is C14H27NOS. The highest BCUT2D eigenvalue weighted by Crippen LogP contribution is 2.42. The predicted octanol–water partition coefficient (Wildman–Crippen LogP) is 2.92. The van der Waals surface area contributed by atoms with E-state index in [1.54, 1.807) is 0 Å². The van der Waals surface area contributed by atoms with Crippen molar-refractivity contribution in [1.29, 1.82) is 0 Å². The molecule has 2 aliphatic heterocycles. The van der Waals surface area contributed by atoms with Crippen molar-refractivity contribution in [2.24, 2.45) is 11.8 Å². The normalized spacial score (nSPS) is 30.4. The van der Waals surface area contributed by atoms with Crippen molar-refractivity contribution >= 4 is 11.8 Å². The lowest BCUT2D eigenvalue weighted by Gasteiger charge is -2.45. The summed E-state index contributed by atoms with van der Waals surface area (Å²) in [5.41, 5.74) is 0.266. The second-order valence-corrected chi connectivity index (χ2v) is 6.99. The third kappa shape index (κ3) is 3.62. The average Bonchev–Trinajstić information content (AvgIpc) is 2.37.